The van der Waals surface area contributed by atoms with Crippen molar-refractivity contribution in [3.05, 3.63) is 69.2 Å². The molecular weight excluding hydrogens is 368 g/mol. The molecule has 140 valence electrons. The Morgan fingerprint density at radius 1 is 1.04 bits per heavy atom. The molecule has 1 atom stereocenters. The Bertz CT molecular complexity index is 903. The third-order valence-electron chi connectivity index (χ3n) is 5.08. The lowest BCUT2D eigenvalue weighted by Crippen LogP contribution is -2.23. The van der Waals surface area contributed by atoms with Crippen molar-refractivity contribution >= 4 is 21.4 Å². The number of aliphatic hydroxyl groups excluding tert-OH is 1. The fraction of sp³-hybridized carbons (Fsp3) is 0.429. The summed E-state index contributed by atoms with van der Waals surface area (Å²) < 4.78 is 24.4. The van der Waals surface area contributed by atoms with E-state index < -0.39 is 9.84 Å². The van der Waals surface area contributed by atoms with Crippen LogP contribution < -0.4 is 0 Å². The van der Waals surface area contributed by atoms with Crippen LogP contribution in [0.1, 0.15) is 41.7 Å². The molecular formula is C21H25ClO3S. The molecule has 0 aliphatic heterocycles. The molecule has 0 bridgehead atoms. The highest BCUT2D eigenvalue weighted by Gasteiger charge is 2.28. The molecule has 0 radical (unpaired) electrons. The maximum absolute atomic E-state index is 12.2. The van der Waals surface area contributed by atoms with Crippen LogP contribution in [0.4, 0.5) is 0 Å². The van der Waals surface area contributed by atoms with E-state index in [0.717, 1.165) is 30.4 Å². The normalized spacial score (nSPS) is 16.9. The third kappa shape index (κ3) is 4.48. The molecule has 0 fully saturated rings. The molecule has 0 unspecified atom stereocenters. The lowest BCUT2D eigenvalue weighted by Gasteiger charge is -2.12. The molecule has 0 saturated carbocycles. The monoisotopic (exact) mass is 392 g/mol. The van der Waals surface area contributed by atoms with Gasteiger partial charge >= 0.3 is 0 Å². The predicted molar refractivity (Wildman–Crippen MR) is 106 cm³/mol. The van der Waals surface area contributed by atoms with Crippen molar-refractivity contribution in [1.82, 2.24) is 0 Å². The molecule has 0 spiro atoms. The Kier molecular flexibility index (Phi) is 5.75. The van der Waals surface area contributed by atoms with Gasteiger partial charge in [0.15, 0.2) is 9.84 Å². The summed E-state index contributed by atoms with van der Waals surface area (Å²) in [6.07, 6.45) is 2.41. The van der Waals surface area contributed by atoms with Crippen LogP contribution in [0.15, 0.2) is 36.4 Å². The van der Waals surface area contributed by atoms with Crippen LogP contribution in [0, 0.1) is 5.92 Å². The molecule has 2 aromatic rings. The number of hydrogen-bond acceptors (Lipinski definition) is 3. The van der Waals surface area contributed by atoms with E-state index in [1.165, 1.54) is 16.7 Å². The maximum Gasteiger partial charge on any atom is 0.152 e. The Morgan fingerprint density at radius 2 is 1.73 bits per heavy atom. The van der Waals surface area contributed by atoms with Gasteiger partial charge in [0.05, 0.1) is 17.6 Å². The number of hydrogen-bond donors (Lipinski definition) is 1. The summed E-state index contributed by atoms with van der Waals surface area (Å²) in [5.74, 6) is 0.447. The summed E-state index contributed by atoms with van der Waals surface area (Å²) in [5.41, 5.74) is 5.59. The standard InChI is InChI=1S/C21H25ClO3S/c1-14(2)26(24,25)13-18-8-19-4-3-15(7-20(19)9-18)5-16-6-17(12-23)11-21(22)10-16/h3-4,6-7,10-11,14,18,23H,5,8-9,12-13H2,1-2H3/t18-/m0/s1. The van der Waals surface area contributed by atoms with E-state index >= 15 is 0 Å². The van der Waals surface area contributed by atoms with Crippen LogP contribution in [0.3, 0.4) is 0 Å². The number of sulfone groups is 1. The highest BCUT2D eigenvalue weighted by Crippen LogP contribution is 2.30. The highest BCUT2D eigenvalue weighted by molar-refractivity contribution is 7.91. The Hall–Kier alpha value is -1.36. The topological polar surface area (TPSA) is 54.4 Å². The summed E-state index contributed by atoms with van der Waals surface area (Å²) in [6, 6.07) is 12.1. The van der Waals surface area contributed by atoms with Crippen LogP contribution >= 0.6 is 11.6 Å². The molecule has 0 amide bonds. The Balaban J connectivity index is 1.74. The van der Waals surface area contributed by atoms with Crippen molar-refractivity contribution in [2.75, 3.05) is 5.75 Å². The van der Waals surface area contributed by atoms with Crippen LogP contribution in [0.5, 0.6) is 0 Å². The summed E-state index contributed by atoms with van der Waals surface area (Å²) in [6.45, 7) is 3.48. The summed E-state index contributed by atoms with van der Waals surface area (Å²) in [5, 5.41) is 9.65. The number of aliphatic hydroxyl groups is 1. The first-order valence-corrected chi connectivity index (χ1v) is 11.1. The molecule has 0 aromatic heterocycles. The largest absolute Gasteiger partial charge is 0.392 e. The minimum Gasteiger partial charge on any atom is -0.392 e. The first kappa shape index (κ1) is 19.4. The van der Waals surface area contributed by atoms with E-state index in [1.54, 1.807) is 19.9 Å². The molecule has 0 saturated heterocycles. The number of benzene rings is 2. The minimum atomic E-state index is -3.01. The van der Waals surface area contributed by atoms with Gasteiger partial charge in [-0.3, -0.25) is 0 Å². The van der Waals surface area contributed by atoms with Gasteiger partial charge in [-0.2, -0.15) is 0 Å². The molecule has 3 nitrogen and oxygen atoms in total. The van der Waals surface area contributed by atoms with Crippen molar-refractivity contribution < 1.29 is 13.5 Å². The second-order valence-electron chi connectivity index (χ2n) is 7.56. The van der Waals surface area contributed by atoms with Crippen LogP contribution in [-0.2, 0) is 35.7 Å². The number of fused-ring (bicyclic) bond motifs is 1. The van der Waals surface area contributed by atoms with Gasteiger partial charge in [-0.1, -0.05) is 35.9 Å². The summed E-state index contributed by atoms with van der Waals surface area (Å²) in [4.78, 5) is 0. The van der Waals surface area contributed by atoms with Gasteiger partial charge in [0.2, 0.25) is 0 Å². The van der Waals surface area contributed by atoms with Gasteiger partial charge < -0.3 is 5.11 Å². The smallest absolute Gasteiger partial charge is 0.152 e. The third-order valence-corrected chi connectivity index (χ3v) is 7.67. The molecule has 3 rings (SSSR count). The maximum atomic E-state index is 12.2. The van der Waals surface area contributed by atoms with E-state index in [2.05, 4.69) is 18.2 Å². The van der Waals surface area contributed by atoms with Crippen LogP contribution in [0.25, 0.3) is 0 Å². The zero-order valence-corrected chi connectivity index (χ0v) is 16.8. The Morgan fingerprint density at radius 3 is 2.42 bits per heavy atom. The van der Waals surface area contributed by atoms with Crippen LogP contribution in [-0.4, -0.2) is 24.5 Å². The first-order valence-electron chi connectivity index (χ1n) is 8.98. The van der Waals surface area contributed by atoms with E-state index in [1.807, 2.05) is 12.1 Å². The molecule has 1 aliphatic rings. The average molecular weight is 393 g/mol. The highest BCUT2D eigenvalue weighted by atomic mass is 35.5. The number of halogens is 1. The summed E-state index contributed by atoms with van der Waals surface area (Å²) in [7, 11) is -3.01. The quantitative estimate of drug-likeness (QED) is 0.809. The second kappa shape index (κ2) is 7.71. The van der Waals surface area contributed by atoms with Crippen molar-refractivity contribution in [3.63, 3.8) is 0 Å². The van der Waals surface area contributed by atoms with Gasteiger partial charge in [-0.05, 0) is 79.0 Å². The average Bonchev–Trinajstić information content (AvgIpc) is 2.94. The van der Waals surface area contributed by atoms with Gasteiger partial charge in [0.1, 0.15) is 0 Å². The van der Waals surface area contributed by atoms with Crippen molar-refractivity contribution in [3.8, 4) is 0 Å². The van der Waals surface area contributed by atoms with Crippen molar-refractivity contribution in [1.29, 1.82) is 0 Å². The SMILES string of the molecule is CC(C)S(=O)(=O)C[C@H]1Cc2ccc(Cc3cc(Cl)cc(CO)c3)cc2C1. The second-order valence-corrected chi connectivity index (χ2v) is 10.6. The fourth-order valence-electron chi connectivity index (χ4n) is 3.66. The van der Waals surface area contributed by atoms with Gasteiger partial charge in [0.25, 0.3) is 0 Å². The zero-order chi connectivity index (χ0) is 18.9. The number of rotatable bonds is 6. The van der Waals surface area contributed by atoms with Crippen molar-refractivity contribution in [2.45, 2.75) is 45.0 Å². The minimum absolute atomic E-state index is 0.0241. The molecule has 5 heteroatoms. The first-order chi connectivity index (χ1) is 12.3. The lowest BCUT2D eigenvalue weighted by atomic mass is 9.99. The zero-order valence-electron chi connectivity index (χ0n) is 15.2. The Labute approximate surface area is 160 Å². The van der Waals surface area contributed by atoms with Crippen molar-refractivity contribution in [2.24, 2.45) is 5.92 Å². The predicted octanol–water partition coefficient (Wildman–Crippen LogP) is 3.96. The fourth-order valence-corrected chi connectivity index (χ4v) is 5.22. The van der Waals surface area contributed by atoms with Gasteiger partial charge in [0, 0.05) is 5.02 Å². The lowest BCUT2D eigenvalue weighted by molar-refractivity contribution is 0.282. The van der Waals surface area contributed by atoms with E-state index in [4.69, 9.17) is 11.6 Å². The molecule has 26 heavy (non-hydrogen) atoms. The van der Waals surface area contributed by atoms with Gasteiger partial charge in [-0.25, -0.2) is 8.42 Å². The van der Waals surface area contributed by atoms with E-state index in [9.17, 15) is 13.5 Å². The van der Waals surface area contributed by atoms with Gasteiger partial charge in [-0.15, -0.1) is 0 Å². The van der Waals surface area contributed by atoms with E-state index in [0.29, 0.717) is 5.02 Å². The molecule has 2 aromatic carbocycles. The van der Waals surface area contributed by atoms with E-state index in [-0.39, 0.29) is 23.5 Å². The molecule has 1 N–H and O–H groups in total. The molecule has 0 heterocycles. The summed E-state index contributed by atoms with van der Waals surface area (Å²) >= 11 is 6.13. The molecule has 1 aliphatic carbocycles. The van der Waals surface area contributed by atoms with Crippen LogP contribution in [0.2, 0.25) is 5.02 Å².